The lowest BCUT2D eigenvalue weighted by Gasteiger charge is -2.12. The molecule has 0 aromatic heterocycles. The molecule has 2 rings (SSSR count). The summed E-state index contributed by atoms with van der Waals surface area (Å²) in [5.41, 5.74) is 1.07. The third-order valence-electron chi connectivity index (χ3n) is 3.66. The molecule has 1 amide bonds. The van der Waals surface area contributed by atoms with Crippen LogP contribution in [0.4, 0.5) is 15.8 Å². The van der Waals surface area contributed by atoms with Gasteiger partial charge in [-0.15, -0.1) is 0 Å². The van der Waals surface area contributed by atoms with Gasteiger partial charge in [0.05, 0.1) is 4.92 Å². The van der Waals surface area contributed by atoms with Crippen molar-refractivity contribution in [3.8, 4) is 0 Å². The number of halogens is 1. The molecule has 0 unspecified atom stereocenters. The second-order valence-electron chi connectivity index (χ2n) is 5.68. The van der Waals surface area contributed by atoms with E-state index in [0.717, 1.165) is 23.3 Å². The van der Waals surface area contributed by atoms with Crippen molar-refractivity contribution in [3.63, 3.8) is 0 Å². The summed E-state index contributed by atoms with van der Waals surface area (Å²) in [5.74, 6) is -2.43. The number of nitrogens with zero attached hydrogens (tertiary/aromatic N) is 1. The number of aryl methyl sites for hydroxylation is 1. The first-order valence-electron chi connectivity index (χ1n) is 7.97. The van der Waals surface area contributed by atoms with Crippen molar-refractivity contribution in [1.82, 2.24) is 0 Å². The van der Waals surface area contributed by atoms with E-state index in [1.54, 1.807) is 6.08 Å². The molecule has 0 spiro atoms. The van der Waals surface area contributed by atoms with E-state index in [2.05, 4.69) is 5.32 Å². The Labute approximate surface area is 154 Å². The maximum absolute atomic E-state index is 13.3. The van der Waals surface area contributed by atoms with Crippen LogP contribution >= 0.6 is 0 Å². The third-order valence-corrected chi connectivity index (χ3v) is 3.66. The molecule has 7 nitrogen and oxygen atoms in total. The topological polar surface area (TPSA) is 98.5 Å². The minimum atomic E-state index is -1.15. The molecule has 140 valence electrons. The molecular formula is C19H17FN2O5. The van der Waals surface area contributed by atoms with Crippen molar-refractivity contribution < 1.29 is 23.6 Å². The second-order valence-corrected chi connectivity index (χ2v) is 5.68. The van der Waals surface area contributed by atoms with Gasteiger partial charge in [0.1, 0.15) is 0 Å². The molecule has 0 saturated carbocycles. The van der Waals surface area contributed by atoms with E-state index in [1.165, 1.54) is 19.1 Å². The first kappa shape index (κ1) is 19.8. The Bertz CT molecular complexity index is 911. The number of hydrogen-bond acceptors (Lipinski definition) is 5. The van der Waals surface area contributed by atoms with Crippen LogP contribution < -0.4 is 5.32 Å². The van der Waals surface area contributed by atoms with Crippen molar-refractivity contribution in [2.75, 3.05) is 5.32 Å². The minimum absolute atomic E-state index is 0.0199. The number of esters is 1. The molecule has 0 aliphatic rings. The predicted octanol–water partition coefficient (Wildman–Crippen LogP) is 3.63. The molecule has 0 saturated heterocycles. The van der Waals surface area contributed by atoms with Crippen molar-refractivity contribution in [2.24, 2.45) is 0 Å². The molecule has 0 aliphatic carbocycles. The van der Waals surface area contributed by atoms with Gasteiger partial charge in [0.2, 0.25) is 5.82 Å². The van der Waals surface area contributed by atoms with Gasteiger partial charge in [0.15, 0.2) is 6.10 Å². The zero-order valence-electron chi connectivity index (χ0n) is 14.6. The molecule has 1 N–H and O–H groups in total. The Morgan fingerprint density at radius 2 is 1.96 bits per heavy atom. The summed E-state index contributed by atoms with van der Waals surface area (Å²) in [6.07, 6.45) is 1.63. The van der Waals surface area contributed by atoms with Gasteiger partial charge < -0.3 is 10.1 Å². The van der Waals surface area contributed by atoms with Crippen molar-refractivity contribution in [1.29, 1.82) is 0 Å². The molecule has 1 atom stereocenters. The Morgan fingerprint density at radius 1 is 1.26 bits per heavy atom. The number of nitro groups is 1. The predicted molar refractivity (Wildman–Crippen MR) is 97.5 cm³/mol. The molecule has 8 heteroatoms. The van der Waals surface area contributed by atoms with Gasteiger partial charge in [0.25, 0.3) is 5.91 Å². The summed E-state index contributed by atoms with van der Waals surface area (Å²) in [7, 11) is 0. The number of hydrogen-bond donors (Lipinski definition) is 1. The van der Waals surface area contributed by atoms with E-state index in [9.17, 15) is 24.1 Å². The number of anilines is 1. The van der Waals surface area contributed by atoms with Crippen LogP contribution in [0.5, 0.6) is 0 Å². The highest BCUT2D eigenvalue weighted by molar-refractivity contribution is 5.96. The number of carbonyl (C=O) groups excluding carboxylic acids is 2. The quantitative estimate of drug-likeness (QED) is 0.361. The fourth-order valence-corrected chi connectivity index (χ4v) is 2.17. The Hall–Kier alpha value is -3.55. The Morgan fingerprint density at radius 3 is 2.63 bits per heavy atom. The molecule has 2 aromatic rings. The molecule has 0 fully saturated rings. The molecule has 0 bridgehead atoms. The molecule has 2 aromatic carbocycles. The monoisotopic (exact) mass is 372 g/mol. The molecule has 0 heterocycles. The van der Waals surface area contributed by atoms with E-state index < -0.39 is 34.4 Å². The van der Waals surface area contributed by atoms with Gasteiger partial charge in [-0.05, 0) is 43.2 Å². The summed E-state index contributed by atoms with van der Waals surface area (Å²) >= 11 is 0. The summed E-state index contributed by atoms with van der Waals surface area (Å²) in [4.78, 5) is 33.8. The number of carbonyl (C=O) groups is 2. The van der Waals surface area contributed by atoms with Gasteiger partial charge in [-0.2, -0.15) is 4.39 Å². The first-order chi connectivity index (χ1) is 12.8. The molecule has 0 radical (unpaired) electrons. The van der Waals surface area contributed by atoms with Gasteiger partial charge in [-0.3, -0.25) is 14.9 Å². The summed E-state index contributed by atoms with van der Waals surface area (Å²) < 4.78 is 18.3. The lowest BCUT2D eigenvalue weighted by atomic mass is 10.1. The van der Waals surface area contributed by atoms with E-state index in [1.807, 2.05) is 31.2 Å². The fraction of sp³-hybridized carbons (Fsp3) is 0.158. The van der Waals surface area contributed by atoms with Crippen LogP contribution in [0.25, 0.3) is 6.08 Å². The van der Waals surface area contributed by atoms with Gasteiger partial charge in [-0.1, -0.05) is 24.3 Å². The number of nitro benzene ring substituents is 1. The van der Waals surface area contributed by atoms with Gasteiger partial charge in [0, 0.05) is 17.8 Å². The fourth-order valence-electron chi connectivity index (χ4n) is 2.17. The number of ether oxygens (including phenoxy) is 1. The van der Waals surface area contributed by atoms with E-state index in [4.69, 9.17) is 4.74 Å². The molecule has 0 aliphatic heterocycles. The standard InChI is InChI=1S/C19H17FN2O5/c1-12-5-3-4-6-14(12)7-10-18(23)27-13(2)19(24)21-15-8-9-16(20)17(11-15)22(25)26/h3-11,13H,1-2H3,(H,21,24)/b10-7+/t13-/m1/s1. The highest BCUT2D eigenvalue weighted by Crippen LogP contribution is 2.21. The highest BCUT2D eigenvalue weighted by atomic mass is 19.1. The first-order valence-corrected chi connectivity index (χ1v) is 7.97. The average molecular weight is 372 g/mol. The minimum Gasteiger partial charge on any atom is -0.449 e. The maximum Gasteiger partial charge on any atom is 0.331 e. The van der Waals surface area contributed by atoms with Crippen LogP contribution in [-0.2, 0) is 14.3 Å². The third kappa shape index (κ3) is 5.46. The number of rotatable bonds is 6. The van der Waals surface area contributed by atoms with Crippen LogP contribution in [0.15, 0.2) is 48.5 Å². The van der Waals surface area contributed by atoms with Crippen LogP contribution in [0, 0.1) is 22.9 Å². The van der Waals surface area contributed by atoms with E-state index >= 15 is 0 Å². The Kier molecular flexibility index (Phi) is 6.37. The summed E-state index contributed by atoms with van der Waals surface area (Å²) in [6, 6.07) is 10.4. The van der Waals surface area contributed by atoms with E-state index in [0.29, 0.717) is 0 Å². The van der Waals surface area contributed by atoms with Crippen LogP contribution in [0.3, 0.4) is 0 Å². The van der Waals surface area contributed by atoms with Crippen molar-refractivity contribution in [2.45, 2.75) is 20.0 Å². The van der Waals surface area contributed by atoms with E-state index in [-0.39, 0.29) is 5.69 Å². The van der Waals surface area contributed by atoms with Gasteiger partial charge in [-0.25, -0.2) is 4.79 Å². The number of amides is 1. The lowest BCUT2D eigenvalue weighted by Crippen LogP contribution is -2.29. The SMILES string of the molecule is Cc1ccccc1/C=C/C(=O)O[C@H](C)C(=O)Nc1ccc(F)c([N+](=O)[O-])c1. The second kappa shape index (κ2) is 8.70. The number of benzene rings is 2. The van der Waals surface area contributed by atoms with Crippen LogP contribution in [0.1, 0.15) is 18.1 Å². The maximum atomic E-state index is 13.3. The van der Waals surface area contributed by atoms with Crippen molar-refractivity contribution in [3.05, 3.63) is 75.6 Å². The normalized spacial score (nSPS) is 11.8. The summed E-state index contributed by atoms with van der Waals surface area (Å²) in [6.45, 7) is 3.25. The largest absolute Gasteiger partial charge is 0.449 e. The van der Waals surface area contributed by atoms with Crippen LogP contribution in [-0.4, -0.2) is 22.9 Å². The summed E-state index contributed by atoms with van der Waals surface area (Å²) in [5, 5.41) is 13.1. The highest BCUT2D eigenvalue weighted by Gasteiger charge is 2.19. The van der Waals surface area contributed by atoms with Gasteiger partial charge >= 0.3 is 11.7 Å². The van der Waals surface area contributed by atoms with Crippen LogP contribution in [0.2, 0.25) is 0 Å². The lowest BCUT2D eigenvalue weighted by molar-refractivity contribution is -0.387. The molecule has 27 heavy (non-hydrogen) atoms. The average Bonchev–Trinajstić information content (AvgIpc) is 2.62. The smallest absolute Gasteiger partial charge is 0.331 e. The zero-order valence-corrected chi connectivity index (χ0v) is 14.6. The zero-order chi connectivity index (χ0) is 20.0. The Balaban J connectivity index is 1.97. The number of nitrogens with one attached hydrogen (secondary N) is 1. The molecular weight excluding hydrogens is 355 g/mol. The van der Waals surface area contributed by atoms with Crippen molar-refractivity contribution >= 4 is 29.3 Å².